The first kappa shape index (κ1) is 34.9. The maximum absolute atomic E-state index is 11.2. The average molecular weight is 589 g/mol. The molecule has 0 heterocycles. The standard InChI is InChI=1S/C35H56O3S2/c1-31(2,3)25-19-23(20-26(29(25)37)32(4,5)6)39-35(13,14)40-24-21-27(33(7,8)9)30(38-18-16-15-17-36)28(22-24)34(10,11)12/h19-22,36-37H,15-18H2,1-14H3. The van der Waals surface area contributed by atoms with E-state index in [1.165, 1.54) is 20.9 Å². The molecule has 3 nitrogen and oxygen atoms in total. The molecule has 2 aromatic carbocycles. The van der Waals surface area contributed by atoms with Crippen molar-refractivity contribution >= 4 is 23.5 Å². The fourth-order valence-corrected chi connectivity index (χ4v) is 7.30. The number of rotatable bonds is 9. The summed E-state index contributed by atoms with van der Waals surface area (Å²) < 4.78 is 6.30. The summed E-state index contributed by atoms with van der Waals surface area (Å²) in [7, 11) is 0. The third-order valence-electron chi connectivity index (χ3n) is 6.90. The number of benzene rings is 2. The normalized spacial score (nSPS) is 13.6. The molecule has 5 heteroatoms. The summed E-state index contributed by atoms with van der Waals surface area (Å²) in [6.45, 7) is 31.9. The van der Waals surface area contributed by atoms with Crippen molar-refractivity contribution in [2.75, 3.05) is 13.2 Å². The van der Waals surface area contributed by atoms with Gasteiger partial charge in [0.1, 0.15) is 11.5 Å². The number of phenols is 1. The largest absolute Gasteiger partial charge is 0.507 e. The molecule has 2 aromatic rings. The van der Waals surface area contributed by atoms with Gasteiger partial charge < -0.3 is 14.9 Å². The number of aliphatic hydroxyl groups excluding tert-OH is 1. The highest BCUT2D eigenvalue weighted by Crippen LogP contribution is 2.51. The number of thioether (sulfide) groups is 2. The van der Waals surface area contributed by atoms with Gasteiger partial charge in [0, 0.05) is 38.7 Å². The van der Waals surface area contributed by atoms with Gasteiger partial charge in [0.05, 0.1) is 10.7 Å². The number of unbranched alkanes of at least 4 members (excludes halogenated alkanes) is 1. The van der Waals surface area contributed by atoms with Crippen LogP contribution in [0, 0.1) is 0 Å². The lowest BCUT2D eigenvalue weighted by molar-refractivity contribution is 0.248. The highest BCUT2D eigenvalue weighted by atomic mass is 32.2. The Labute approximate surface area is 254 Å². The van der Waals surface area contributed by atoms with Crippen LogP contribution in [0.4, 0.5) is 0 Å². The van der Waals surface area contributed by atoms with Crippen LogP contribution in [-0.2, 0) is 21.7 Å². The van der Waals surface area contributed by atoms with Crippen molar-refractivity contribution in [3.63, 3.8) is 0 Å². The molecule has 0 radical (unpaired) electrons. The van der Waals surface area contributed by atoms with Gasteiger partial charge >= 0.3 is 0 Å². The van der Waals surface area contributed by atoms with E-state index in [9.17, 15) is 10.2 Å². The van der Waals surface area contributed by atoms with E-state index in [-0.39, 0.29) is 32.3 Å². The third kappa shape index (κ3) is 9.36. The van der Waals surface area contributed by atoms with Gasteiger partial charge in [-0.1, -0.05) is 83.1 Å². The Morgan fingerprint density at radius 2 is 0.925 bits per heavy atom. The van der Waals surface area contributed by atoms with E-state index >= 15 is 0 Å². The Bertz CT molecular complexity index is 1080. The van der Waals surface area contributed by atoms with Crippen LogP contribution in [0.5, 0.6) is 11.5 Å². The molecule has 0 unspecified atom stereocenters. The van der Waals surface area contributed by atoms with Crippen LogP contribution in [0.3, 0.4) is 0 Å². The molecule has 0 saturated carbocycles. The number of ether oxygens (including phenoxy) is 1. The second-order valence-electron chi connectivity index (χ2n) is 15.6. The zero-order chi connectivity index (χ0) is 30.9. The van der Waals surface area contributed by atoms with Crippen LogP contribution in [0.1, 0.15) is 132 Å². The van der Waals surface area contributed by atoms with Crippen molar-refractivity contribution in [2.45, 2.75) is 145 Å². The van der Waals surface area contributed by atoms with Crippen molar-refractivity contribution in [3.8, 4) is 11.5 Å². The molecular formula is C35H56O3S2. The molecule has 0 aromatic heterocycles. The van der Waals surface area contributed by atoms with Gasteiger partial charge in [0.15, 0.2) is 0 Å². The third-order valence-corrected chi connectivity index (χ3v) is 9.33. The second-order valence-corrected chi connectivity index (χ2v) is 19.2. The number of hydrogen-bond donors (Lipinski definition) is 2. The smallest absolute Gasteiger partial charge is 0.126 e. The van der Waals surface area contributed by atoms with E-state index < -0.39 is 0 Å². The molecule has 40 heavy (non-hydrogen) atoms. The summed E-state index contributed by atoms with van der Waals surface area (Å²) in [5.41, 5.74) is 3.96. The number of aliphatic hydroxyl groups is 1. The molecular weight excluding hydrogens is 533 g/mol. The van der Waals surface area contributed by atoms with Crippen molar-refractivity contribution < 1.29 is 14.9 Å². The van der Waals surface area contributed by atoms with Gasteiger partial charge in [-0.05, 0) is 72.6 Å². The van der Waals surface area contributed by atoms with Crippen molar-refractivity contribution in [3.05, 3.63) is 46.5 Å². The van der Waals surface area contributed by atoms with Crippen LogP contribution in [0.25, 0.3) is 0 Å². The minimum absolute atomic E-state index is 0.0830. The molecule has 0 aliphatic rings. The van der Waals surface area contributed by atoms with E-state index in [1.807, 2.05) is 23.5 Å². The van der Waals surface area contributed by atoms with Gasteiger partial charge in [-0.15, -0.1) is 23.5 Å². The minimum Gasteiger partial charge on any atom is -0.507 e. The summed E-state index contributed by atoms with van der Waals surface area (Å²) in [5, 5.41) is 20.4. The first-order chi connectivity index (χ1) is 18.0. The van der Waals surface area contributed by atoms with Gasteiger partial charge in [-0.25, -0.2) is 0 Å². The topological polar surface area (TPSA) is 49.7 Å². The predicted octanol–water partition coefficient (Wildman–Crippen LogP) is 10.4. The van der Waals surface area contributed by atoms with Crippen molar-refractivity contribution in [1.29, 1.82) is 0 Å². The van der Waals surface area contributed by atoms with Crippen LogP contribution >= 0.6 is 23.5 Å². The lowest BCUT2D eigenvalue weighted by atomic mass is 9.79. The molecule has 2 N–H and O–H groups in total. The molecule has 0 saturated heterocycles. The fraction of sp³-hybridized carbons (Fsp3) is 0.657. The maximum atomic E-state index is 11.2. The Hall–Kier alpha value is -1.30. The quantitative estimate of drug-likeness (QED) is 0.173. The summed E-state index contributed by atoms with van der Waals surface area (Å²) in [5.74, 6) is 1.42. The molecule has 0 bridgehead atoms. The van der Waals surface area contributed by atoms with Gasteiger partial charge in [-0.2, -0.15) is 0 Å². The van der Waals surface area contributed by atoms with E-state index in [0.29, 0.717) is 12.4 Å². The SMILES string of the molecule is CC(C)(Sc1cc(C(C)(C)C)c(O)c(C(C)(C)C)c1)Sc1cc(C(C)(C)C)c(OCCCCO)c(C(C)(C)C)c1. The number of phenolic OH excluding ortho intramolecular Hbond substituents is 1. The molecule has 0 aliphatic heterocycles. The monoisotopic (exact) mass is 588 g/mol. The van der Waals surface area contributed by atoms with E-state index in [1.54, 1.807) is 0 Å². The second kappa shape index (κ2) is 12.5. The fourth-order valence-electron chi connectivity index (χ4n) is 4.72. The highest BCUT2D eigenvalue weighted by molar-refractivity contribution is 8.18. The lowest BCUT2D eigenvalue weighted by Gasteiger charge is -2.32. The van der Waals surface area contributed by atoms with Gasteiger partial charge in [0.25, 0.3) is 0 Å². The summed E-state index contributed by atoms with van der Waals surface area (Å²) in [4.78, 5) is 2.42. The van der Waals surface area contributed by atoms with Crippen LogP contribution in [0.2, 0.25) is 0 Å². The molecule has 0 spiro atoms. The Morgan fingerprint density at radius 3 is 1.25 bits per heavy atom. The minimum atomic E-state index is -0.159. The van der Waals surface area contributed by atoms with Crippen LogP contribution in [0.15, 0.2) is 34.1 Å². The zero-order valence-electron chi connectivity index (χ0n) is 27.8. The predicted molar refractivity (Wildman–Crippen MR) is 177 cm³/mol. The number of hydrogen-bond acceptors (Lipinski definition) is 5. The summed E-state index contributed by atoms with van der Waals surface area (Å²) >= 11 is 3.74. The van der Waals surface area contributed by atoms with Crippen LogP contribution in [-0.4, -0.2) is 27.5 Å². The Balaban J connectivity index is 2.57. The Kier molecular flexibility index (Phi) is 10.9. The molecule has 226 valence electrons. The molecule has 0 aliphatic carbocycles. The highest BCUT2D eigenvalue weighted by Gasteiger charge is 2.32. The van der Waals surface area contributed by atoms with Crippen LogP contribution < -0.4 is 4.74 Å². The van der Waals surface area contributed by atoms with Crippen molar-refractivity contribution in [1.82, 2.24) is 0 Å². The molecule has 0 atom stereocenters. The van der Waals surface area contributed by atoms with Gasteiger partial charge in [-0.3, -0.25) is 0 Å². The first-order valence-corrected chi connectivity index (χ1v) is 16.3. The first-order valence-electron chi connectivity index (χ1n) is 14.7. The summed E-state index contributed by atoms with van der Waals surface area (Å²) in [6, 6.07) is 9.01. The maximum Gasteiger partial charge on any atom is 0.126 e. The van der Waals surface area contributed by atoms with Crippen molar-refractivity contribution in [2.24, 2.45) is 0 Å². The van der Waals surface area contributed by atoms with Gasteiger partial charge in [0.2, 0.25) is 0 Å². The number of aromatic hydroxyl groups is 1. The lowest BCUT2D eigenvalue weighted by Crippen LogP contribution is -2.21. The average Bonchev–Trinajstić information content (AvgIpc) is 2.74. The molecule has 0 amide bonds. The summed E-state index contributed by atoms with van der Waals surface area (Å²) in [6.07, 6.45) is 1.59. The van der Waals surface area contributed by atoms with E-state index in [4.69, 9.17) is 4.74 Å². The molecule has 2 rings (SSSR count). The Morgan fingerprint density at radius 1 is 0.575 bits per heavy atom. The zero-order valence-corrected chi connectivity index (χ0v) is 29.4. The molecule has 0 fully saturated rings. The van der Waals surface area contributed by atoms with E-state index in [0.717, 1.165) is 29.7 Å². The van der Waals surface area contributed by atoms with E-state index in [2.05, 4.69) is 121 Å².